The van der Waals surface area contributed by atoms with Crippen LogP contribution in [0.25, 0.3) is 0 Å². The van der Waals surface area contributed by atoms with Crippen LogP contribution in [0.3, 0.4) is 0 Å². The Morgan fingerprint density at radius 3 is 2.18 bits per heavy atom. The van der Waals surface area contributed by atoms with Gasteiger partial charge >= 0.3 is 6.03 Å². The lowest BCUT2D eigenvalue weighted by atomic mass is 10.1. The molecule has 3 aromatic rings. The molecule has 3 amide bonds. The third kappa shape index (κ3) is 6.29. The predicted molar refractivity (Wildman–Crippen MR) is 135 cm³/mol. The molecule has 0 unspecified atom stereocenters. The van der Waals surface area contributed by atoms with E-state index < -0.39 is 11.9 Å². The number of amides is 3. The van der Waals surface area contributed by atoms with Crippen LogP contribution in [-0.4, -0.2) is 17.6 Å². The van der Waals surface area contributed by atoms with E-state index >= 15 is 0 Å². The average molecular weight is 517 g/mol. The number of hydrogen-bond donors (Lipinski definition) is 2. The quantitative estimate of drug-likeness (QED) is 0.264. The highest BCUT2D eigenvalue weighted by molar-refractivity contribution is 6.40. The summed E-state index contributed by atoms with van der Waals surface area (Å²) >= 11 is 18.0. The lowest BCUT2D eigenvalue weighted by molar-refractivity contribution is 0.0967. The third-order valence-electron chi connectivity index (χ3n) is 5.13. The van der Waals surface area contributed by atoms with E-state index in [0.29, 0.717) is 16.6 Å². The Hall–Kier alpha value is -3.06. The molecule has 0 aromatic heterocycles. The minimum Gasteiger partial charge on any atom is -0.391 e. The van der Waals surface area contributed by atoms with Crippen LogP contribution in [-0.2, 0) is 11.4 Å². The molecule has 1 saturated carbocycles. The van der Waals surface area contributed by atoms with Crippen molar-refractivity contribution in [1.29, 1.82) is 0 Å². The number of benzene rings is 3. The SMILES string of the molecule is O=C(NC(=O)c1c(Cl)cccc1Cl)Nc1ccc(CON=C(c2ccc(Cl)cc2)C2CC2)cc1. The van der Waals surface area contributed by atoms with Gasteiger partial charge in [-0.1, -0.05) is 70.3 Å². The Morgan fingerprint density at radius 2 is 1.56 bits per heavy atom. The first kappa shape index (κ1) is 24.1. The Balaban J connectivity index is 1.31. The maximum Gasteiger partial charge on any atom is 0.326 e. The van der Waals surface area contributed by atoms with Crippen LogP contribution in [0.15, 0.2) is 71.9 Å². The van der Waals surface area contributed by atoms with Crippen molar-refractivity contribution in [2.45, 2.75) is 19.4 Å². The van der Waals surface area contributed by atoms with Crippen LogP contribution in [0.1, 0.15) is 34.3 Å². The minimum atomic E-state index is -0.702. The number of oxime groups is 1. The van der Waals surface area contributed by atoms with Gasteiger partial charge in [-0.2, -0.15) is 0 Å². The second kappa shape index (κ2) is 10.9. The lowest BCUT2D eigenvalue weighted by Crippen LogP contribution is -2.34. The summed E-state index contributed by atoms with van der Waals surface area (Å²) in [7, 11) is 0. The van der Waals surface area contributed by atoms with Crippen molar-refractivity contribution in [1.82, 2.24) is 5.32 Å². The second-order valence-corrected chi connectivity index (χ2v) is 8.98. The van der Waals surface area contributed by atoms with E-state index in [1.165, 1.54) is 12.1 Å². The first-order valence-corrected chi connectivity index (χ1v) is 11.6. The molecule has 1 aliphatic carbocycles. The summed E-state index contributed by atoms with van der Waals surface area (Å²) in [5.41, 5.74) is 3.35. The zero-order valence-electron chi connectivity index (χ0n) is 17.9. The molecule has 0 radical (unpaired) electrons. The summed E-state index contributed by atoms with van der Waals surface area (Å²) in [6.45, 7) is 0.278. The molecule has 4 rings (SSSR count). The zero-order valence-corrected chi connectivity index (χ0v) is 20.1. The van der Waals surface area contributed by atoms with Gasteiger partial charge in [0, 0.05) is 16.6 Å². The summed E-state index contributed by atoms with van der Waals surface area (Å²) in [5.74, 6) is -0.280. The van der Waals surface area contributed by atoms with Crippen molar-refractivity contribution < 1.29 is 14.4 Å². The maximum atomic E-state index is 12.3. The van der Waals surface area contributed by atoms with E-state index in [1.807, 2.05) is 24.3 Å². The van der Waals surface area contributed by atoms with E-state index in [2.05, 4.69) is 15.8 Å². The van der Waals surface area contributed by atoms with Crippen LogP contribution in [0, 0.1) is 5.92 Å². The molecule has 174 valence electrons. The molecule has 34 heavy (non-hydrogen) atoms. The van der Waals surface area contributed by atoms with E-state index in [1.54, 1.807) is 30.3 Å². The van der Waals surface area contributed by atoms with Crippen LogP contribution < -0.4 is 10.6 Å². The molecule has 0 aliphatic heterocycles. The highest BCUT2D eigenvalue weighted by Gasteiger charge is 2.29. The first-order valence-electron chi connectivity index (χ1n) is 10.5. The molecule has 6 nitrogen and oxygen atoms in total. The fraction of sp³-hybridized carbons (Fsp3) is 0.160. The molecule has 1 aliphatic rings. The molecular formula is C25H20Cl3N3O3. The number of urea groups is 1. The smallest absolute Gasteiger partial charge is 0.326 e. The standard InChI is InChI=1S/C25H20Cl3N3O3/c26-18-10-8-17(9-11-18)23(16-6-7-16)31-34-14-15-4-12-19(13-5-15)29-25(33)30-24(32)22-20(27)2-1-3-21(22)28/h1-5,8-13,16H,6-7,14H2,(H2,29,30,32,33). The van der Waals surface area contributed by atoms with Gasteiger partial charge in [-0.05, 0) is 60.4 Å². The number of rotatable bonds is 7. The first-order chi connectivity index (χ1) is 16.4. The van der Waals surface area contributed by atoms with Gasteiger partial charge < -0.3 is 10.2 Å². The number of nitrogens with zero attached hydrogens (tertiary/aromatic N) is 1. The van der Waals surface area contributed by atoms with Gasteiger partial charge in [-0.25, -0.2) is 4.79 Å². The number of nitrogens with one attached hydrogen (secondary N) is 2. The Labute approximate surface area is 211 Å². The highest BCUT2D eigenvalue weighted by Crippen LogP contribution is 2.34. The fourth-order valence-electron chi connectivity index (χ4n) is 3.24. The summed E-state index contributed by atoms with van der Waals surface area (Å²) < 4.78 is 0. The summed E-state index contributed by atoms with van der Waals surface area (Å²) in [6, 6.07) is 18.5. The van der Waals surface area contributed by atoms with Gasteiger partial charge in [-0.15, -0.1) is 0 Å². The lowest BCUT2D eigenvalue weighted by Gasteiger charge is -2.10. The third-order valence-corrected chi connectivity index (χ3v) is 6.01. The molecule has 0 bridgehead atoms. The van der Waals surface area contributed by atoms with Crippen LogP contribution in [0.2, 0.25) is 15.1 Å². The molecule has 0 spiro atoms. The van der Waals surface area contributed by atoms with Gasteiger partial charge in [0.05, 0.1) is 21.3 Å². The number of halogens is 3. The molecule has 0 atom stereocenters. The molecule has 3 aromatic carbocycles. The summed E-state index contributed by atoms with van der Waals surface area (Å²) in [4.78, 5) is 30.1. The van der Waals surface area contributed by atoms with Crippen molar-refractivity contribution >= 4 is 58.1 Å². The van der Waals surface area contributed by atoms with Gasteiger partial charge in [0.25, 0.3) is 5.91 Å². The van der Waals surface area contributed by atoms with Crippen molar-refractivity contribution in [3.05, 3.63) is 98.5 Å². The minimum absolute atomic E-state index is 0.0400. The van der Waals surface area contributed by atoms with E-state index in [9.17, 15) is 9.59 Å². The molecule has 0 saturated heterocycles. The van der Waals surface area contributed by atoms with Gasteiger partial charge in [0.1, 0.15) is 6.61 Å². The average Bonchev–Trinajstić information content (AvgIpc) is 3.64. The van der Waals surface area contributed by atoms with Crippen molar-refractivity contribution in [2.24, 2.45) is 11.1 Å². The molecular weight excluding hydrogens is 497 g/mol. The fourth-order valence-corrected chi connectivity index (χ4v) is 3.94. The van der Waals surface area contributed by atoms with Crippen LogP contribution in [0.4, 0.5) is 10.5 Å². The van der Waals surface area contributed by atoms with E-state index in [0.717, 1.165) is 29.7 Å². The predicted octanol–water partition coefficient (Wildman–Crippen LogP) is 6.94. The monoisotopic (exact) mass is 515 g/mol. The Kier molecular flexibility index (Phi) is 7.73. The number of hydrogen-bond acceptors (Lipinski definition) is 4. The highest BCUT2D eigenvalue weighted by atomic mass is 35.5. The van der Waals surface area contributed by atoms with Crippen LogP contribution >= 0.6 is 34.8 Å². The summed E-state index contributed by atoms with van der Waals surface area (Å²) in [5, 5.41) is 10.2. The second-order valence-electron chi connectivity index (χ2n) is 7.73. The number of carbonyl (C=O) groups excluding carboxylic acids is 2. The summed E-state index contributed by atoms with van der Waals surface area (Å²) in [6.07, 6.45) is 2.19. The maximum absolute atomic E-state index is 12.3. The van der Waals surface area contributed by atoms with E-state index in [4.69, 9.17) is 39.6 Å². The molecule has 2 N–H and O–H groups in total. The largest absolute Gasteiger partial charge is 0.391 e. The molecule has 0 heterocycles. The number of carbonyl (C=O) groups is 2. The van der Waals surface area contributed by atoms with Gasteiger partial charge in [-0.3, -0.25) is 10.1 Å². The van der Waals surface area contributed by atoms with Gasteiger partial charge in [0.2, 0.25) is 0 Å². The van der Waals surface area contributed by atoms with Crippen molar-refractivity contribution in [2.75, 3.05) is 5.32 Å². The van der Waals surface area contributed by atoms with Crippen molar-refractivity contribution in [3.8, 4) is 0 Å². The molecule has 1 fully saturated rings. The van der Waals surface area contributed by atoms with Crippen LogP contribution in [0.5, 0.6) is 0 Å². The Bertz CT molecular complexity index is 1200. The zero-order chi connectivity index (χ0) is 24.1. The Morgan fingerprint density at radius 1 is 0.912 bits per heavy atom. The number of anilines is 1. The number of imide groups is 1. The van der Waals surface area contributed by atoms with Gasteiger partial charge in [0.15, 0.2) is 0 Å². The normalized spacial score (nSPS) is 13.3. The topological polar surface area (TPSA) is 79.8 Å². The van der Waals surface area contributed by atoms with Crippen molar-refractivity contribution in [3.63, 3.8) is 0 Å². The molecule has 9 heteroatoms. The van der Waals surface area contributed by atoms with E-state index in [-0.39, 0.29) is 22.2 Å².